The summed E-state index contributed by atoms with van der Waals surface area (Å²) in [5.41, 5.74) is 0.698. The molecule has 1 amide bonds. The Balaban J connectivity index is 2.23. The third-order valence-corrected chi connectivity index (χ3v) is 4.04. The number of hydrogen-bond donors (Lipinski definition) is 1. The van der Waals surface area contributed by atoms with Crippen LogP contribution in [0.5, 0.6) is 0 Å². The summed E-state index contributed by atoms with van der Waals surface area (Å²) >= 11 is 5.51. The van der Waals surface area contributed by atoms with Crippen molar-refractivity contribution in [2.24, 2.45) is 0 Å². The van der Waals surface area contributed by atoms with Crippen molar-refractivity contribution in [1.29, 1.82) is 0 Å². The van der Waals surface area contributed by atoms with Gasteiger partial charge in [-0.3, -0.25) is 4.79 Å². The first-order chi connectivity index (χ1) is 7.58. The van der Waals surface area contributed by atoms with Gasteiger partial charge in [0.2, 0.25) is 0 Å². The van der Waals surface area contributed by atoms with Gasteiger partial charge in [0, 0.05) is 21.1 Å². The highest BCUT2D eigenvalue weighted by Crippen LogP contribution is 2.21. The van der Waals surface area contributed by atoms with Gasteiger partial charge >= 0.3 is 0 Å². The molecule has 1 saturated heterocycles. The van der Waals surface area contributed by atoms with Crippen LogP contribution in [0, 0.1) is 3.57 Å². The summed E-state index contributed by atoms with van der Waals surface area (Å²) in [4.78, 5) is 13.9. The smallest absolute Gasteiger partial charge is 0.255 e. The molecule has 0 unspecified atom stereocenters. The minimum atomic E-state index is -0.367. The number of halogens is 2. The second-order valence-electron chi connectivity index (χ2n) is 3.82. The maximum absolute atomic E-state index is 12.2. The Morgan fingerprint density at radius 2 is 2.31 bits per heavy atom. The molecule has 1 atom stereocenters. The highest BCUT2D eigenvalue weighted by atomic mass is 127. The fraction of sp³-hybridized carbons (Fsp3) is 0.364. The molecular formula is C11H11BrINO2. The fourth-order valence-electron chi connectivity index (χ4n) is 1.76. The van der Waals surface area contributed by atoms with E-state index >= 15 is 0 Å². The lowest BCUT2D eigenvalue weighted by Crippen LogP contribution is -2.30. The van der Waals surface area contributed by atoms with Gasteiger partial charge in [-0.2, -0.15) is 0 Å². The highest BCUT2D eigenvalue weighted by Gasteiger charge is 2.26. The predicted molar refractivity (Wildman–Crippen MR) is 73.4 cm³/mol. The van der Waals surface area contributed by atoms with Crippen LogP contribution in [-0.4, -0.2) is 35.1 Å². The molecule has 1 N–H and O–H groups in total. The zero-order chi connectivity index (χ0) is 11.7. The number of hydrogen-bond acceptors (Lipinski definition) is 2. The lowest BCUT2D eigenvalue weighted by Gasteiger charge is -2.16. The number of β-amino-alcohol motifs (C(OH)–C–C–N with tert-alkyl or cyclic N) is 1. The topological polar surface area (TPSA) is 40.5 Å². The monoisotopic (exact) mass is 395 g/mol. The summed E-state index contributed by atoms with van der Waals surface area (Å²) < 4.78 is 1.84. The summed E-state index contributed by atoms with van der Waals surface area (Å²) in [6, 6.07) is 5.65. The van der Waals surface area contributed by atoms with E-state index in [0.29, 0.717) is 25.1 Å². The van der Waals surface area contributed by atoms with Crippen LogP contribution >= 0.6 is 38.5 Å². The van der Waals surface area contributed by atoms with Gasteiger partial charge in [-0.15, -0.1) is 0 Å². The molecule has 1 fully saturated rings. The molecule has 0 radical (unpaired) electrons. The van der Waals surface area contributed by atoms with E-state index in [1.165, 1.54) is 0 Å². The molecule has 86 valence electrons. The number of amides is 1. The molecule has 0 saturated carbocycles. The predicted octanol–water partition coefficient (Wildman–Crippen LogP) is 2.26. The van der Waals surface area contributed by atoms with Crippen molar-refractivity contribution in [3.63, 3.8) is 0 Å². The van der Waals surface area contributed by atoms with Crippen LogP contribution in [0.25, 0.3) is 0 Å². The summed E-state index contributed by atoms with van der Waals surface area (Å²) in [7, 11) is 0. The van der Waals surface area contributed by atoms with Gasteiger partial charge in [-0.05, 0) is 47.2 Å². The average Bonchev–Trinajstić information content (AvgIpc) is 2.67. The molecule has 0 bridgehead atoms. The Labute approximate surface area is 116 Å². The van der Waals surface area contributed by atoms with E-state index in [-0.39, 0.29) is 12.0 Å². The van der Waals surface area contributed by atoms with E-state index in [4.69, 9.17) is 0 Å². The molecule has 1 aliphatic rings. The summed E-state index contributed by atoms with van der Waals surface area (Å²) in [5.74, 6) is 0.00208. The molecule has 0 aromatic heterocycles. The number of likely N-dealkylation sites (tertiary alicyclic amines) is 1. The number of benzene rings is 1. The largest absolute Gasteiger partial charge is 0.391 e. The molecule has 1 aliphatic heterocycles. The second-order valence-corrected chi connectivity index (χ2v) is 5.90. The third kappa shape index (κ3) is 2.57. The zero-order valence-electron chi connectivity index (χ0n) is 8.49. The molecule has 1 heterocycles. The summed E-state index contributed by atoms with van der Waals surface area (Å²) in [6.07, 6.45) is 0.310. The minimum Gasteiger partial charge on any atom is -0.391 e. The van der Waals surface area contributed by atoms with Crippen LogP contribution in [0.1, 0.15) is 16.8 Å². The standard InChI is InChI=1S/C11H11BrINO2/c12-7-1-2-10(13)9(5-7)11(16)14-4-3-8(15)6-14/h1-2,5,8,15H,3-4,6H2/t8-/m0/s1. The van der Waals surface area contributed by atoms with Crippen molar-refractivity contribution >= 4 is 44.4 Å². The van der Waals surface area contributed by atoms with E-state index in [1.807, 2.05) is 18.2 Å². The minimum absolute atomic E-state index is 0.00208. The number of nitrogens with zero attached hydrogens (tertiary/aromatic N) is 1. The van der Waals surface area contributed by atoms with Crippen molar-refractivity contribution in [2.45, 2.75) is 12.5 Å². The van der Waals surface area contributed by atoms with Gasteiger partial charge < -0.3 is 10.0 Å². The summed E-state index contributed by atoms with van der Waals surface area (Å²) in [5, 5.41) is 9.41. The molecule has 5 heteroatoms. The molecule has 3 nitrogen and oxygen atoms in total. The Kier molecular flexibility index (Phi) is 3.86. The summed E-state index contributed by atoms with van der Waals surface area (Å²) in [6.45, 7) is 1.09. The van der Waals surface area contributed by atoms with Crippen molar-refractivity contribution in [1.82, 2.24) is 4.90 Å². The van der Waals surface area contributed by atoms with Crippen molar-refractivity contribution in [2.75, 3.05) is 13.1 Å². The maximum Gasteiger partial charge on any atom is 0.255 e. The van der Waals surface area contributed by atoms with Crippen LogP contribution in [0.15, 0.2) is 22.7 Å². The SMILES string of the molecule is O=C(c1cc(Br)ccc1I)N1CC[C@H](O)C1. The fourth-order valence-corrected chi connectivity index (χ4v) is 2.69. The molecule has 0 aliphatic carbocycles. The Hall–Kier alpha value is -0.140. The van der Waals surface area contributed by atoms with E-state index in [9.17, 15) is 9.90 Å². The van der Waals surface area contributed by atoms with Gasteiger partial charge in [0.05, 0.1) is 11.7 Å². The third-order valence-electron chi connectivity index (χ3n) is 2.61. The number of aliphatic hydroxyl groups is 1. The van der Waals surface area contributed by atoms with Gasteiger partial charge in [-0.1, -0.05) is 15.9 Å². The van der Waals surface area contributed by atoms with Gasteiger partial charge in [-0.25, -0.2) is 0 Å². The molecule has 16 heavy (non-hydrogen) atoms. The number of carbonyl (C=O) groups is 1. The van der Waals surface area contributed by atoms with E-state index in [1.54, 1.807) is 4.90 Å². The van der Waals surface area contributed by atoms with Crippen LogP contribution in [0.2, 0.25) is 0 Å². The van der Waals surface area contributed by atoms with Crippen molar-refractivity contribution in [3.8, 4) is 0 Å². The number of carbonyl (C=O) groups excluding carboxylic acids is 1. The van der Waals surface area contributed by atoms with Gasteiger partial charge in [0.25, 0.3) is 5.91 Å². The normalized spacial score (nSPS) is 20.2. The first-order valence-corrected chi connectivity index (χ1v) is 6.87. The van der Waals surface area contributed by atoms with Crippen LogP contribution in [-0.2, 0) is 0 Å². The Morgan fingerprint density at radius 1 is 1.56 bits per heavy atom. The van der Waals surface area contributed by atoms with E-state index in [2.05, 4.69) is 38.5 Å². The van der Waals surface area contributed by atoms with Crippen molar-refractivity contribution < 1.29 is 9.90 Å². The number of rotatable bonds is 1. The molecule has 1 aromatic rings. The first-order valence-electron chi connectivity index (χ1n) is 5.00. The van der Waals surface area contributed by atoms with Crippen LogP contribution in [0.3, 0.4) is 0 Å². The van der Waals surface area contributed by atoms with Gasteiger partial charge in [0.1, 0.15) is 0 Å². The van der Waals surface area contributed by atoms with Crippen LogP contribution < -0.4 is 0 Å². The molecular weight excluding hydrogens is 385 g/mol. The van der Waals surface area contributed by atoms with E-state index in [0.717, 1.165) is 8.04 Å². The average molecular weight is 396 g/mol. The van der Waals surface area contributed by atoms with Gasteiger partial charge in [0.15, 0.2) is 0 Å². The molecule has 1 aromatic carbocycles. The van der Waals surface area contributed by atoms with Crippen molar-refractivity contribution in [3.05, 3.63) is 31.8 Å². The Morgan fingerprint density at radius 3 is 2.94 bits per heavy atom. The highest BCUT2D eigenvalue weighted by molar-refractivity contribution is 14.1. The van der Waals surface area contributed by atoms with Crippen LogP contribution in [0.4, 0.5) is 0 Å². The second kappa shape index (κ2) is 5.01. The first kappa shape index (κ1) is 12.3. The zero-order valence-corrected chi connectivity index (χ0v) is 12.2. The molecule has 0 spiro atoms. The lowest BCUT2D eigenvalue weighted by molar-refractivity contribution is 0.0764. The number of aliphatic hydroxyl groups excluding tert-OH is 1. The van der Waals surface area contributed by atoms with E-state index < -0.39 is 0 Å². The Bertz CT molecular complexity index is 424. The quantitative estimate of drug-likeness (QED) is 0.741. The lowest BCUT2D eigenvalue weighted by atomic mass is 10.2. The molecule has 2 rings (SSSR count). The maximum atomic E-state index is 12.2.